The van der Waals surface area contributed by atoms with E-state index in [-0.39, 0.29) is 68.2 Å². The smallest absolute Gasteiger partial charge is 0.0819 e. The monoisotopic (exact) mass is 680 g/mol. The first kappa shape index (κ1) is 42.5. The molecule has 220 valence electrons. The fourth-order valence-corrected chi connectivity index (χ4v) is 15.8. The molecule has 6 heteroatoms. The van der Waals surface area contributed by atoms with Crippen molar-refractivity contribution in [2.45, 2.75) is 115 Å². The third-order valence-electron chi connectivity index (χ3n) is 8.70. The molecule has 0 saturated carbocycles. The number of hydrogen-bond acceptors (Lipinski definition) is 0. The largest absolute Gasteiger partial charge is 1.00 e. The molecular weight excluding hydrogens is 631 g/mol. The van der Waals surface area contributed by atoms with Crippen LogP contribution in [0.1, 0.15) is 79.1 Å². The van der Waals surface area contributed by atoms with Crippen LogP contribution < -0.4 is 24.8 Å². The van der Waals surface area contributed by atoms with Crippen LogP contribution in [0.15, 0.2) is 82.3 Å². The third-order valence-corrected chi connectivity index (χ3v) is 20.3. The van der Waals surface area contributed by atoms with E-state index in [1.54, 1.807) is 36.3 Å². The Morgan fingerprint density at radius 3 is 1.18 bits per heavy atom. The van der Waals surface area contributed by atoms with Crippen molar-refractivity contribution in [1.29, 1.82) is 0 Å². The molecule has 0 nitrogen and oxygen atoms in total. The predicted octanol–water partition coefficient (Wildman–Crippen LogP) is 4.74. The predicted molar refractivity (Wildman–Crippen MR) is 166 cm³/mol. The van der Waals surface area contributed by atoms with Gasteiger partial charge in [-0.25, -0.2) is 24.3 Å². The van der Waals surface area contributed by atoms with Gasteiger partial charge in [0, 0.05) is 43.4 Å². The minimum Gasteiger partial charge on any atom is -1.00 e. The number of rotatable bonds is 6. The minimum absolute atomic E-state index is 0. The number of allylic oxidation sites excluding steroid dienone is 16. The molecule has 0 amide bonds. The quantitative estimate of drug-likeness (QED) is 0.281. The second kappa shape index (κ2) is 22.8. The Bertz CT molecular complexity index is 864. The van der Waals surface area contributed by atoms with Crippen LogP contribution in [-0.4, -0.2) is 16.1 Å². The summed E-state index contributed by atoms with van der Waals surface area (Å²) in [6, 6.07) is 9.48. The molecular formula is C34H50Cl2Si2Ti2-4. The van der Waals surface area contributed by atoms with Crippen molar-refractivity contribution in [3.8, 4) is 0 Å². The minimum atomic E-state index is -0.843. The van der Waals surface area contributed by atoms with Crippen molar-refractivity contribution in [2.75, 3.05) is 0 Å². The second-order valence-electron chi connectivity index (χ2n) is 11.4. The molecule has 0 aromatic carbocycles. The van der Waals surface area contributed by atoms with Crippen LogP contribution in [-0.2, 0) is 43.4 Å². The molecule has 4 aliphatic carbocycles. The molecule has 40 heavy (non-hydrogen) atoms. The van der Waals surface area contributed by atoms with Crippen molar-refractivity contribution >= 4 is 16.1 Å². The average molecular weight is 682 g/mol. The maximum atomic E-state index is 2.99. The summed E-state index contributed by atoms with van der Waals surface area (Å²) >= 11 is 0. The maximum absolute atomic E-state index is 2.99. The van der Waals surface area contributed by atoms with Crippen LogP contribution in [0.5, 0.6) is 0 Å². The van der Waals surface area contributed by atoms with Gasteiger partial charge in [-0.1, -0.05) is 122 Å². The molecule has 0 radical (unpaired) electrons. The molecule has 0 aromatic heterocycles. The molecule has 0 spiro atoms. The average Bonchev–Trinajstić information content (AvgIpc) is 3.63. The van der Waals surface area contributed by atoms with Crippen molar-refractivity contribution < 1.29 is 68.2 Å². The van der Waals surface area contributed by atoms with Gasteiger partial charge in [0.2, 0.25) is 0 Å². The fourth-order valence-electron chi connectivity index (χ4n) is 6.37. The summed E-state index contributed by atoms with van der Waals surface area (Å²) < 4.78 is 0. The first-order valence-electron chi connectivity index (χ1n) is 14.7. The van der Waals surface area contributed by atoms with E-state index >= 15 is 0 Å². The van der Waals surface area contributed by atoms with E-state index in [0.29, 0.717) is 0 Å². The van der Waals surface area contributed by atoms with E-state index in [1.807, 2.05) is 34.7 Å². The zero-order valence-corrected chi connectivity index (χ0v) is 32.1. The first-order chi connectivity index (χ1) is 17.5. The molecule has 2 heterocycles. The van der Waals surface area contributed by atoms with Gasteiger partial charge in [-0.2, -0.15) is 12.2 Å². The topological polar surface area (TPSA) is 0 Å². The van der Waals surface area contributed by atoms with Crippen LogP contribution in [0.3, 0.4) is 0 Å². The Kier molecular flexibility index (Phi) is 24.3. The Balaban J connectivity index is 0. The van der Waals surface area contributed by atoms with Crippen LogP contribution >= 0.6 is 0 Å². The van der Waals surface area contributed by atoms with E-state index < -0.39 is 16.1 Å². The molecule has 2 saturated heterocycles. The summed E-state index contributed by atoms with van der Waals surface area (Å²) in [7, 11) is -1.69. The van der Waals surface area contributed by atoms with Gasteiger partial charge in [-0.15, -0.1) is 12.8 Å². The molecule has 0 N–H and O–H groups in total. The van der Waals surface area contributed by atoms with Gasteiger partial charge in [0.15, 0.2) is 0 Å². The molecule has 2 aliphatic heterocycles. The van der Waals surface area contributed by atoms with Crippen molar-refractivity contribution in [2.24, 2.45) is 0 Å². The van der Waals surface area contributed by atoms with E-state index in [2.05, 4.69) is 76.3 Å². The number of halogens is 2. The zero-order valence-electron chi connectivity index (χ0n) is 25.4. The number of hydrogen-bond donors (Lipinski definition) is 0. The normalized spacial score (nSPS) is 20.7. The molecule has 0 bridgehead atoms. The molecule has 6 aliphatic rings. The standard InChI is InChI=1S/2C12H20Si.2C5H5.2ClH.2Ti/c2*1-3-7-13(8-4-9-13)12-6-5-11(2)10-12;2*1-2-4-5-3-1;;;;/h2*5,10H,3-4,6-9H2,1-2H3;2*1-3H,4H2;2*1H;;/q;;2*-1;;;;/p-2. The molecule has 0 unspecified atom stereocenters. The summed E-state index contributed by atoms with van der Waals surface area (Å²) in [5.41, 5.74) is 3.04. The van der Waals surface area contributed by atoms with Gasteiger partial charge in [-0.3, -0.25) is 12.2 Å². The van der Waals surface area contributed by atoms with Gasteiger partial charge in [0.05, 0.1) is 16.1 Å². The zero-order chi connectivity index (χ0) is 25.7. The molecule has 2 fully saturated rings. The van der Waals surface area contributed by atoms with E-state index in [4.69, 9.17) is 0 Å². The van der Waals surface area contributed by atoms with Crippen LogP contribution in [0.4, 0.5) is 0 Å². The summed E-state index contributed by atoms with van der Waals surface area (Å²) in [5, 5.41) is 3.75. The molecule has 6 rings (SSSR count). The summed E-state index contributed by atoms with van der Waals surface area (Å²) in [5.74, 6) is 0. The first-order valence-corrected chi connectivity index (χ1v) is 20.0. The Morgan fingerprint density at radius 1 is 0.650 bits per heavy atom. The van der Waals surface area contributed by atoms with Crippen molar-refractivity contribution in [3.63, 3.8) is 0 Å². The van der Waals surface area contributed by atoms with Gasteiger partial charge in [0.1, 0.15) is 0 Å². The Labute approximate surface area is 291 Å². The SMILES string of the molecule is CCC[Si]1(C2=CC(C)=CC2)CCC1.CCC[Si]1(C2=CC(C)=CC2)CCC1.[C-]1=CC=CC1.[C-]1=CC=CC1.[Cl-].[Cl-].[Ti].[Ti]. The summed E-state index contributed by atoms with van der Waals surface area (Å²) in [4.78, 5) is 0. The van der Waals surface area contributed by atoms with Gasteiger partial charge in [0.25, 0.3) is 0 Å². The van der Waals surface area contributed by atoms with Gasteiger partial charge >= 0.3 is 0 Å². The summed E-state index contributed by atoms with van der Waals surface area (Å²) in [6.07, 6.45) is 38.3. The van der Waals surface area contributed by atoms with E-state index in [1.165, 1.54) is 49.7 Å². The molecule has 0 aromatic rings. The van der Waals surface area contributed by atoms with Crippen LogP contribution in [0.2, 0.25) is 36.3 Å². The third kappa shape index (κ3) is 12.9. The van der Waals surface area contributed by atoms with Crippen LogP contribution in [0, 0.1) is 12.2 Å². The molecule has 0 atom stereocenters. The van der Waals surface area contributed by atoms with Crippen molar-refractivity contribution in [3.05, 3.63) is 94.5 Å². The van der Waals surface area contributed by atoms with Crippen LogP contribution in [0.25, 0.3) is 0 Å². The Morgan fingerprint density at radius 2 is 1.02 bits per heavy atom. The van der Waals surface area contributed by atoms with Gasteiger partial charge < -0.3 is 24.8 Å². The van der Waals surface area contributed by atoms with Gasteiger partial charge in [-0.05, 0) is 26.7 Å². The second-order valence-corrected chi connectivity index (χ2v) is 20.8. The Hall–Kier alpha value is 0.362. The van der Waals surface area contributed by atoms with E-state index in [9.17, 15) is 0 Å². The maximum Gasteiger partial charge on any atom is 0.0819 e. The fraction of sp³-hybridized carbons (Fsp3) is 0.529. The summed E-state index contributed by atoms with van der Waals surface area (Å²) in [6.45, 7) is 9.20. The van der Waals surface area contributed by atoms with Crippen molar-refractivity contribution in [1.82, 2.24) is 0 Å². The van der Waals surface area contributed by atoms with E-state index in [0.717, 1.165) is 12.8 Å².